The Morgan fingerprint density at radius 2 is 1.38 bits per heavy atom. The maximum absolute atomic E-state index is 6.36. The number of rotatable bonds is 12. The third-order valence-electron chi connectivity index (χ3n) is 3.86. The molecule has 0 aromatic heterocycles. The maximum Gasteiger partial charge on any atom is 0.115 e. The Hall–Kier alpha value is -0.0900. The largest absolute Gasteiger partial charge is 0.301 e. The zero-order valence-electron chi connectivity index (χ0n) is 14.3. The van der Waals surface area contributed by atoms with Gasteiger partial charge in [0.25, 0.3) is 0 Å². The van der Waals surface area contributed by atoms with Gasteiger partial charge in [-0.3, -0.25) is 0 Å². The van der Waals surface area contributed by atoms with Crippen LogP contribution in [0.4, 0.5) is 0 Å². The first-order valence-electron chi connectivity index (χ1n) is 8.52. The molecule has 6 N–H and O–H groups in total. The van der Waals surface area contributed by atoms with E-state index in [2.05, 4.69) is 20.8 Å². The van der Waals surface area contributed by atoms with Crippen molar-refractivity contribution in [2.45, 2.75) is 90.8 Å². The predicted molar refractivity (Wildman–Crippen MR) is 94.9 cm³/mol. The Morgan fingerprint density at radius 3 is 1.81 bits per heavy atom. The maximum atomic E-state index is 6.36. The first-order chi connectivity index (χ1) is 9.78. The van der Waals surface area contributed by atoms with E-state index in [9.17, 15) is 0 Å². The van der Waals surface area contributed by atoms with Crippen LogP contribution in [0.3, 0.4) is 0 Å². The van der Waals surface area contributed by atoms with Gasteiger partial charge in [0, 0.05) is 5.03 Å². The van der Waals surface area contributed by atoms with Crippen LogP contribution in [0.5, 0.6) is 0 Å². The molecule has 0 spiro atoms. The second-order valence-corrected chi connectivity index (χ2v) is 6.95. The molecule has 0 amide bonds. The second-order valence-electron chi connectivity index (χ2n) is 6.55. The average Bonchev–Trinajstić information content (AvgIpc) is 2.39. The lowest BCUT2D eigenvalue weighted by Crippen LogP contribution is -2.57. The van der Waals surface area contributed by atoms with E-state index in [1.807, 2.05) is 0 Å². The predicted octanol–water partition coefficient (Wildman–Crippen LogP) is 4.59. The third kappa shape index (κ3) is 12.2. The number of halogens is 1. The fraction of sp³-hybridized carbons (Fsp3) is 0.882. The minimum Gasteiger partial charge on any atom is -0.301 e. The molecular weight excluding hydrogens is 282 g/mol. The van der Waals surface area contributed by atoms with Crippen LogP contribution in [-0.2, 0) is 0 Å². The highest BCUT2D eigenvalue weighted by molar-refractivity contribution is 6.30. The van der Waals surface area contributed by atoms with E-state index in [4.69, 9.17) is 28.8 Å². The van der Waals surface area contributed by atoms with Crippen molar-refractivity contribution in [1.29, 1.82) is 0 Å². The summed E-state index contributed by atoms with van der Waals surface area (Å²) >= 11 is 6.36. The van der Waals surface area contributed by atoms with Gasteiger partial charge in [-0.25, -0.2) is 0 Å². The summed E-state index contributed by atoms with van der Waals surface area (Å²) in [6.07, 6.45) is 11.5. The highest BCUT2D eigenvalue weighted by atomic mass is 35.5. The van der Waals surface area contributed by atoms with Crippen LogP contribution in [0.25, 0.3) is 0 Å². The van der Waals surface area contributed by atoms with E-state index in [0.29, 0.717) is 12.3 Å². The normalized spacial score (nSPS) is 13.7. The monoisotopic (exact) mass is 317 g/mol. The van der Waals surface area contributed by atoms with Gasteiger partial charge in [0.05, 0.1) is 0 Å². The van der Waals surface area contributed by atoms with Crippen molar-refractivity contribution in [3.05, 3.63) is 10.6 Å². The SMILES string of the molecule is CCC(CCCCCCCCCC(N)(N)N)=C(Cl)C(C)C. The Morgan fingerprint density at radius 1 is 0.905 bits per heavy atom. The van der Waals surface area contributed by atoms with Crippen LogP contribution in [-0.4, -0.2) is 5.79 Å². The van der Waals surface area contributed by atoms with Gasteiger partial charge >= 0.3 is 0 Å². The van der Waals surface area contributed by atoms with Crippen molar-refractivity contribution in [3.63, 3.8) is 0 Å². The molecule has 0 aliphatic carbocycles. The molecule has 0 atom stereocenters. The number of hydrogen-bond acceptors (Lipinski definition) is 3. The number of unbranched alkanes of at least 4 members (excludes halogenated alkanes) is 6. The Labute approximate surface area is 136 Å². The number of allylic oxidation sites excluding steroid dienone is 2. The quantitative estimate of drug-likeness (QED) is 0.364. The Bertz CT molecular complexity index is 293. The van der Waals surface area contributed by atoms with Gasteiger partial charge in [0.15, 0.2) is 0 Å². The lowest BCUT2D eigenvalue weighted by molar-refractivity contribution is 0.399. The second kappa shape index (κ2) is 11.5. The summed E-state index contributed by atoms with van der Waals surface area (Å²) < 4.78 is 0. The van der Waals surface area contributed by atoms with Gasteiger partial charge < -0.3 is 17.2 Å². The summed E-state index contributed by atoms with van der Waals surface area (Å²) in [5.41, 5.74) is 18.1. The molecule has 0 saturated carbocycles. The number of hydrogen-bond donors (Lipinski definition) is 3. The summed E-state index contributed by atoms with van der Waals surface area (Å²) in [6, 6.07) is 0. The molecule has 0 bridgehead atoms. The lowest BCUT2D eigenvalue weighted by Gasteiger charge is -2.17. The molecule has 0 radical (unpaired) electrons. The molecule has 0 aromatic rings. The molecule has 0 aromatic carbocycles. The van der Waals surface area contributed by atoms with E-state index >= 15 is 0 Å². The van der Waals surface area contributed by atoms with Gasteiger partial charge in [0.1, 0.15) is 5.79 Å². The third-order valence-corrected chi connectivity index (χ3v) is 4.56. The van der Waals surface area contributed by atoms with Crippen LogP contribution in [0, 0.1) is 5.92 Å². The van der Waals surface area contributed by atoms with Crippen LogP contribution >= 0.6 is 11.6 Å². The van der Waals surface area contributed by atoms with Crippen LogP contribution in [0.2, 0.25) is 0 Å². The highest BCUT2D eigenvalue weighted by Gasteiger charge is 2.10. The minimum absolute atomic E-state index is 0.460. The summed E-state index contributed by atoms with van der Waals surface area (Å²) in [7, 11) is 0. The van der Waals surface area contributed by atoms with Gasteiger partial charge in [0.2, 0.25) is 0 Å². The molecular formula is C17H36ClN3. The summed E-state index contributed by atoms with van der Waals surface area (Å²) in [4.78, 5) is 0. The molecule has 0 unspecified atom stereocenters. The van der Waals surface area contributed by atoms with Crippen LogP contribution in [0.15, 0.2) is 10.6 Å². The summed E-state index contributed by atoms with van der Waals surface area (Å²) in [6.45, 7) is 6.53. The molecule has 3 nitrogen and oxygen atoms in total. The zero-order valence-corrected chi connectivity index (χ0v) is 15.0. The van der Waals surface area contributed by atoms with Gasteiger partial charge in [-0.2, -0.15) is 0 Å². The average molecular weight is 318 g/mol. The standard InChI is InChI=1S/C17H36ClN3/c1-4-15(16(18)14(2)3)12-10-8-6-5-7-9-11-13-17(19,20)21/h14H,4-13,19-21H2,1-3H3. The molecule has 0 aliphatic rings. The molecule has 0 saturated heterocycles. The topological polar surface area (TPSA) is 78.1 Å². The Kier molecular flexibility index (Phi) is 11.4. The first kappa shape index (κ1) is 20.9. The molecule has 126 valence electrons. The van der Waals surface area contributed by atoms with Crippen molar-refractivity contribution in [3.8, 4) is 0 Å². The molecule has 0 aliphatic heterocycles. The van der Waals surface area contributed by atoms with Crippen molar-refractivity contribution in [1.82, 2.24) is 0 Å². The van der Waals surface area contributed by atoms with Gasteiger partial charge in [-0.1, -0.05) is 70.0 Å². The van der Waals surface area contributed by atoms with Gasteiger partial charge in [-0.05, 0) is 38.0 Å². The zero-order chi connectivity index (χ0) is 16.3. The minimum atomic E-state index is -0.988. The molecule has 0 rings (SSSR count). The van der Waals surface area contributed by atoms with Crippen molar-refractivity contribution in [2.75, 3.05) is 0 Å². The van der Waals surface area contributed by atoms with Crippen molar-refractivity contribution >= 4 is 11.6 Å². The smallest absolute Gasteiger partial charge is 0.115 e. The molecule has 4 heteroatoms. The van der Waals surface area contributed by atoms with Gasteiger partial charge in [-0.15, -0.1) is 0 Å². The van der Waals surface area contributed by atoms with E-state index in [-0.39, 0.29) is 0 Å². The van der Waals surface area contributed by atoms with E-state index in [0.717, 1.165) is 24.3 Å². The van der Waals surface area contributed by atoms with Crippen LogP contribution in [0.1, 0.15) is 85.0 Å². The van der Waals surface area contributed by atoms with E-state index in [1.165, 1.54) is 44.1 Å². The fourth-order valence-electron chi connectivity index (χ4n) is 2.53. The fourth-order valence-corrected chi connectivity index (χ4v) is 2.75. The molecule has 21 heavy (non-hydrogen) atoms. The Balaban J connectivity index is 3.58. The van der Waals surface area contributed by atoms with E-state index in [1.54, 1.807) is 0 Å². The number of nitrogens with two attached hydrogens (primary N) is 3. The highest BCUT2D eigenvalue weighted by Crippen LogP contribution is 2.25. The molecule has 0 heterocycles. The lowest BCUT2D eigenvalue weighted by atomic mass is 9.99. The first-order valence-corrected chi connectivity index (χ1v) is 8.89. The van der Waals surface area contributed by atoms with Crippen molar-refractivity contribution < 1.29 is 0 Å². The summed E-state index contributed by atoms with van der Waals surface area (Å²) in [5.74, 6) is -0.528. The summed E-state index contributed by atoms with van der Waals surface area (Å²) in [5, 5.41) is 1.08. The van der Waals surface area contributed by atoms with Crippen molar-refractivity contribution in [2.24, 2.45) is 23.1 Å². The van der Waals surface area contributed by atoms with Crippen LogP contribution < -0.4 is 17.2 Å². The molecule has 0 fully saturated rings. The van der Waals surface area contributed by atoms with E-state index < -0.39 is 5.79 Å².